The Balaban J connectivity index is 3.61. The molecule has 0 aliphatic carbocycles. The Bertz CT molecular complexity index is 420. The van der Waals surface area contributed by atoms with Crippen molar-refractivity contribution in [3.05, 3.63) is 35.8 Å². The molecule has 10 heavy (non-hydrogen) atoms. The SMILES string of the molecule is [2H]c1c([2H])c([2H])c(C(O)C#C)c([2H])c1[2H]. The summed E-state index contributed by atoms with van der Waals surface area (Å²) in [5, 5.41) is 9.33. The first kappa shape index (κ1) is 2.77. The van der Waals surface area contributed by atoms with Crippen LogP contribution in [0.5, 0.6) is 0 Å². The van der Waals surface area contributed by atoms with Gasteiger partial charge in [0.15, 0.2) is 0 Å². The highest BCUT2D eigenvalue weighted by Crippen LogP contribution is 2.09. The maximum absolute atomic E-state index is 9.33. The Morgan fingerprint density at radius 1 is 1.50 bits per heavy atom. The van der Waals surface area contributed by atoms with Crippen molar-refractivity contribution >= 4 is 0 Å². The van der Waals surface area contributed by atoms with Crippen molar-refractivity contribution in [2.24, 2.45) is 0 Å². The summed E-state index contributed by atoms with van der Waals surface area (Å²) in [7, 11) is 0. The van der Waals surface area contributed by atoms with Crippen molar-refractivity contribution < 1.29 is 12.0 Å². The summed E-state index contributed by atoms with van der Waals surface area (Å²) in [5.41, 5.74) is -0.261. The smallest absolute Gasteiger partial charge is 0.139 e. The van der Waals surface area contributed by atoms with Gasteiger partial charge >= 0.3 is 0 Å². The van der Waals surface area contributed by atoms with E-state index in [1.54, 1.807) is 0 Å². The number of terminal acetylenes is 1. The Morgan fingerprint density at radius 3 is 2.60 bits per heavy atom. The van der Waals surface area contributed by atoms with E-state index in [1.165, 1.54) is 0 Å². The van der Waals surface area contributed by atoms with E-state index < -0.39 is 36.3 Å². The summed E-state index contributed by atoms with van der Waals surface area (Å²) in [6, 6.07) is -2.43. The lowest BCUT2D eigenvalue weighted by Gasteiger charge is -2.00. The van der Waals surface area contributed by atoms with Crippen molar-refractivity contribution in [3.63, 3.8) is 0 Å². The summed E-state index contributed by atoms with van der Waals surface area (Å²) in [4.78, 5) is 0. The Labute approximate surface area is 67.3 Å². The third-order valence-corrected chi connectivity index (χ3v) is 0.951. The van der Waals surface area contributed by atoms with Gasteiger partial charge in [0.05, 0.1) is 6.85 Å². The number of rotatable bonds is 1. The molecule has 1 N–H and O–H groups in total. The molecule has 0 aliphatic rings. The molecule has 1 unspecified atom stereocenters. The highest BCUT2D eigenvalue weighted by Gasteiger charge is 1.98. The number of hydrogen-bond acceptors (Lipinski definition) is 1. The maximum Gasteiger partial charge on any atom is 0.139 e. The minimum atomic E-state index is -1.49. The topological polar surface area (TPSA) is 20.2 Å². The van der Waals surface area contributed by atoms with Crippen LogP contribution in [-0.2, 0) is 0 Å². The van der Waals surface area contributed by atoms with Crippen LogP contribution in [0, 0.1) is 12.3 Å². The fourth-order valence-electron chi connectivity index (χ4n) is 0.480. The molecule has 0 saturated carbocycles. The molecule has 0 heterocycles. The molecule has 1 rings (SSSR count). The molecular weight excluding hydrogens is 124 g/mol. The van der Waals surface area contributed by atoms with Gasteiger partial charge in [-0.15, -0.1) is 6.42 Å². The fraction of sp³-hybridized carbons (Fsp3) is 0.111. The Hall–Kier alpha value is -1.26. The van der Waals surface area contributed by atoms with E-state index in [0.29, 0.717) is 0 Å². The van der Waals surface area contributed by atoms with Gasteiger partial charge in [-0.25, -0.2) is 0 Å². The zero-order chi connectivity index (χ0) is 11.7. The third-order valence-electron chi connectivity index (χ3n) is 0.951. The number of hydrogen-bond donors (Lipinski definition) is 1. The summed E-state index contributed by atoms with van der Waals surface area (Å²) < 4.78 is 36.8. The minimum Gasteiger partial charge on any atom is -0.376 e. The summed E-state index contributed by atoms with van der Waals surface area (Å²) in [5.74, 6) is 1.92. The predicted octanol–water partition coefficient (Wildman–Crippen LogP) is 1.35. The van der Waals surface area contributed by atoms with Crippen LogP contribution >= 0.6 is 0 Å². The third kappa shape index (κ3) is 1.37. The molecule has 50 valence electrons. The fourth-order valence-corrected chi connectivity index (χ4v) is 0.480. The van der Waals surface area contributed by atoms with Crippen LogP contribution in [0.4, 0.5) is 0 Å². The van der Waals surface area contributed by atoms with Gasteiger partial charge in [0.1, 0.15) is 6.10 Å². The van der Waals surface area contributed by atoms with E-state index in [1.807, 2.05) is 5.92 Å². The van der Waals surface area contributed by atoms with Crippen LogP contribution in [-0.4, -0.2) is 5.11 Å². The Kier molecular flexibility index (Phi) is 0.845. The average molecular weight is 137 g/mol. The first-order valence-corrected chi connectivity index (χ1v) is 2.62. The minimum absolute atomic E-state index is 0.261. The van der Waals surface area contributed by atoms with Gasteiger partial charge in [-0.05, 0) is 5.56 Å². The molecule has 1 aromatic rings. The molecule has 0 amide bonds. The van der Waals surface area contributed by atoms with Crippen LogP contribution in [0.1, 0.15) is 18.5 Å². The van der Waals surface area contributed by atoms with Crippen molar-refractivity contribution in [2.45, 2.75) is 6.10 Å². The zero-order valence-electron chi connectivity index (χ0n) is 10.1. The van der Waals surface area contributed by atoms with E-state index in [0.717, 1.165) is 0 Å². The second kappa shape index (κ2) is 3.05. The number of benzene rings is 1. The van der Waals surface area contributed by atoms with E-state index >= 15 is 0 Å². The van der Waals surface area contributed by atoms with Gasteiger partial charge in [0, 0.05) is 0 Å². The standard InChI is InChI=1S/C9H8O/c1-2-9(10)8-6-4-3-5-7-8/h1,3-7,9-10H/i3D,4D,5D,6D,7D. The normalized spacial score (nSPS) is 19.0. The van der Waals surface area contributed by atoms with Gasteiger partial charge in [0.2, 0.25) is 0 Å². The lowest BCUT2D eigenvalue weighted by atomic mass is 10.1. The molecule has 0 aliphatic heterocycles. The molecule has 1 aromatic carbocycles. The predicted molar refractivity (Wildman–Crippen MR) is 40.2 cm³/mol. The van der Waals surface area contributed by atoms with E-state index in [-0.39, 0.29) is 5.56 Å². The summed E-state index contributed by atoms with van der Waals surface area (Å²) >= 11 is 0. The molecule has 0 bridgehead atoms. The van der Waals surface area contributed by atoms with Crippen LogP contribution in [0.15, 0.2) is 30.2 Å². The lowest BCUT2D eigenvalue weighted by Crippen LogP contribution is -1.90. The largest absolute Gasteiger partial charge is 0.376 e. The van der Waals surface area contributed by atoms with Crippen molar-refractivity contribution in [1.29, 1.82) is 0 Å². The van der Waals surface area contributed by atoms with Crippen LogP contribution in [0.3, 0.4) is 0 Å². The molecule has 0 spiro atoms. The summed E-state index contributed by atoms with van der Waals surface area (Å²) in [6.07, 6.45) is 3.46. The molecule has 0 radical (unpaired) electrons. The highest BCUT2D eigenvalue weighted by molar-refractivity contribution is 5.22. The first-order chi connectivity index (χ1) is 6.91. The molecule has 0 saturated heterocycles. The number of aliphatic hydroxyl groups excluding tert-OH is 1. The average Bonchev–Trinajstić information content (AvgIpc) is 2.23. The van der Waals surface area contributed by atoms with Crippen LogP contribution in [0.2, 0.25) is 0 Å². The molecular formula is C9H8O. The van der Waals surface area contributed by atoms with Crippen LogP contribution in [0.25, 0.3) is 0 Å². The van der Waals surface area contributed by atoms with Crippen molar-refractivity contribution in [2.75, 3.05) is 0 Å². The molecule has 1 heteroatoms. The molecule has 1 nitrogen and oxygen atoms in total. The van der Waals surface area contributed by atoms with Gasteiger partial charge in [-0.3, -0.25) is 0 Å². The van der Waals surface area contributed by atoms with Gasteiger partial charge in [0.25, 0.3) is 0 Å². The molecule has 0 fully saturated rings. The van der Waals surface area contributed by atoms with Gasteiger partial charge < -0.3 is 5.11 Å². The second-order valence-electron chi connectivity index (χ2n) is 1.61. The second-order valence-corrected chi connectivity index (χ2v) is 1.61. The number of aliphatic hydroxyl groups is 1. The summed E-state index contributed by atoms with van der Waals surface area (Å²) in [6.45, 7) is 0. The van der Waals surface area contributed by atoms with E-state index in [4.69, 9.17) is 13.3 Å². The quantitative estimate of drug-likeness (QED) is 0.579. The van der Waals surface area contributed by atoms with Gasteiger partial charge in [-0.2, -0.15) is 0 Å². The van der Waals surface area contributed by atoms with Crippen molar-refractivity contribution in [3.8, 4) is 12.3 Å². The highest BCUT2D eigenvalue weighted by atomic mass is 16.3. The zero-order valence-corrected chi connectivity index (χ0v) is 5.10. The molecule has 0 aromatic heterocycles. The molecule has 1 atom stereocenters. The maximum atomic E-state index is 9.33. The van der Waals surface area contributed by atoms with Crippen molar-refractivity contribution in [1.82, 2.24) is 0 Å². The van der Waals surface area contributed by atoms with Crippen LogP contribution < -0.4 is 0 Å². The first-order valence-electron chi connectivity index (χ1n) is 5.12. The van der Waals surface area contributed by atoms with E-state index in [2.05, 4.69) is 0 Å². The Morgan fingerprint density at radius 2 is 2.10 bits per heavy atom. The van der Waals surface area contributed by atoms with Gasteiger partial charge in [-0.1, -0.05) is 36.1 Å². The van der Waals surface area contributed by atoms with E-state index in [9.17, 15) is 5.11 Å². The lowest BCUT2D eigenvalue weighted by molar-refractivity contribution is 0.238. The monoisotopic (exact) mass is 137 g/mol.